The van der Waals surface area contributed by atoms with Crippen molar-refractivity contribution in [1.29, 1.82) is 0 Å². The Hall–Kier alpha value is -0.130. The van der Waals surface area contributed by atoms with Crippen LogP contribution in [0.4, 0.5) is 0 Å². The molecule has 1 fully saturated rings. The first-order valence-electron chi connectivity index (χ1n) is 5.18. The van der Waals surface area contributed by atoms with E-state index in [-0.39, 0.29) is 0 Å². The van der Waals surface area contributed by atoms with Gasteiger partial charge < -0.3 is 0 Å². The zero-order valence-electron chi connectivity index (χ0n) is 8.99. The molecular weight excluding hydrogens is 200 g/mol. The maximum atomic E-state index is 10.9. The second-order valence-corrected chi connectivity index (χ2v) is 5.90. The van der Waals surface area contributed by atoms with Gasteiger partial charge in [0.2, 0.25) is 10.0 Å². The normalized spacial score (nSPS) is 22.1. The summed E-state index contributed by atoms with van der Waals surface area (Å²) in [6, 6.07) is 0.310. The average molecular weight is 220 g/mol. The first-order valence-corrected chi connectivity index (χ1v) is 7.07. The summed E-state index contributed by atoms with van der Waals surface area (Å²) in [5.74, 6) is 0. The number of sulfonamides is 1. The number of likely N-dealkylation sites (tertiary alicyclic amines) is 1. The summed E-state index contributed by atoms with van der Waals surface area (Å²) in [7, 11) is -3.03. The van der Waals surface area contributed by atoms with Crippen LogP contribution in [-0.4, -0.2) is 45.2 Å². The molecule has 0 radical (unpaired) electrons. The molecule has 0 saturated carbocycles. The molecule has 1 heterocycles. The minimum atomic E-state index is -3.03. The average Bonchev–Trinajstić information content (AvgIpc) is 2.14. The minimum Gasteiger partial charge on any atom is -0.299 e. The van der Waals surface area contributed by atoms with Crippen molar-refractivity contribution in [3.8, 4) is 0 Å². The van der Waals surface area contributed by atoms with Crippen LogP contribution >= 0.6 is 0 Å². The van der Waals surface area contributed by atoms with E-state index >= 15 is 0 Å². The summed E-state index contributed by atoms with van der Waals surface area (Å²) >= 11 is 0. The Morgan fingerprint density at radius 2 is 1.86 bits per heavy atom. The fourth-order valence-electron chi connectivity index (χ4n) is 1.76. The lowest BCUT2D eigenvalue weighted by atomic mass is 10.1. The number of hydrogen-bond acceptors (Lipinski definition) is 3. The summed E-state index contributed by atoms with van der Waals surface area (Å²) in [6.07, 6.45) is 4.99. The Morgan fingerprint density at radius 3 is 2.36 bits per heavy atom. The Kier molecular flexibility index (Phi) is 4.34. The van der Waals surface area contributed by atoms with Gasteiger partial charge in [-0.05, 0) is 32.9 Å². The zero-order valence-corrected chi connectivity index (χ0v) is 9.81. The minimum absolute atomic E-state index is 0.310. The van der Waals surface area contributed by atoms with Crippen molar-refractivity contribution in [1.82, 2.24) is 9.62 Å². The van der Waals surface area contributed by atoms with Gasteiger partial charge in [-0.1, -0.05) is 6.42 Å². The number of nitrogens with zero attached hydrogens (tertiary/aromatic N) is 1. The van der Waals surface area contributed by atoms with Crippen LogP contribution in [0.3, 0.4) is 0 Å². The largest absolute Gasteiger partial charge is 0.299 e. The smallest absolute Gasteiger partial charge is 0.208 e. The van der Waals surface area contributed by atoms with Gasteiger partial charge in [-0.25, -0.2) is 13.1 Å². The second kappa shape index (κ2) is 5.09. The van der Waals surface area contributed by atoms with Crippen molar-refractivity contribution < 1.29 is 8.42 Å². The molecule has 0 bridgehead atoms. The number of rotatable bonds is 4. The third-order valence-electron chi connectivity index (χ3n) is 2.65. The van der Waals surface area contributed by atoms with E-state index in [2.05, 4.69) is 16.5 Å². The molecule has 1 saturated heterocycles. The first kappa shape index (κ1) is 11.9. The topological polar surface area (TPSA) is 49.4 Å². The quantitative estimate of drug-likeness (QED) is 0.746. The maximum absolute atomic E-state index is 10.9. The Labute approximate surface area is 86.7 Å². The molecule has 0 amide bonds. The zero-order chi connectivity index (χ0) is 10.6. The van der Waals surface area contributed by atoms with E-state index in [1.165, 1.54) is 25.5 Å². The molecule has 1 atom stereocenters. The van der Waals surface area contributed by atoms with Gasteiger partial charge in [-0.15, -0.1) is 0 Å². The van der Waals surface area contributed by atoms with Gasteiger partial charge in [0, 0.05) is 12.6 Å². The summed E-state index contributed by atoms with van der Waals surface area (Å²) in [4.78, 5) is 2.35. The monoisotopic (exact) mass is 220 g/mol. The molecule has 5 heteroatoms. The van der Waals surface area contributed by atoms with Crippen molar-refractivity contribution in [3.05, 3.63) is 0 Å². The van der Waals surface area contributed by atoms with Crippen LogP contribution in [0.1, 0.15) is 26.2 Å². The Bertz CT molecular complexity index is 258. The van der Waals surface area contributed by atoms with E-state index in [0.29, 0.717) is 12.6 Å². The van der Waals surface area contributed by atoms with E-state index in [4.69, 9.17) is 0 Å². The summed E-state index contributed by atoms with van der Waals surface area (Å²) < 4.78 is 24.3. The number of hydrogen-bond donors (Lipinski definition) is 1. The van der Waals surface area contributed by atoms with Gasteiger partial charge in [0.25, 0.3) is 0 Å². The Balaban J connectivity index is 2.30. The summed E-state index contributed by atoms with van der Waals surface area (Å²) in [6.45, 7) is 4.81. The van der Waals surface area contributed by atoms with Crippen molar-refractivity contribution in [2.75, 3.05) is 25.9 Å². The van der Waals surface area contributed by atoms with Gasteiger partial charge >= 0.3 is 0 Å². The summed E-state index contributed by atoms with van der Waals surface area (Å²) in [5, 5.41) is 0. The van der Waals surface area contributed by atoms with E-state index < -0.39 is 10.0 Å². The van der Waals surface area contributed by atoms with Gasteiger partial charge in [-0.3, -0.25) is 4.90 Å². The lowest BCUT2D eigenvalue weighted by Crippen LogP contribution is -2.44. The second-order valence-electron chi connectivity index (χ2n) is 4.07. The highest BCUT2D eigenvalue weighted by molar-refractivity contribution is 7.88. The molecule has 1 aliphatic rings. The van der Waals surface area contributed by atoms with Crippen LogP contribution in [0.25, 0.3) is 0 Å². The predicted molar refractivity (Wildman–Crippen MR) is 57.7 cm³/mol. The molecule has 4 nitrogen and oxygen atoms in total. The molecule has 1 N–H and O–H groups in total. The van der Waals surface area contributed by atoms with E-state index in [0.717, 1.165) is 13.1 Å². The van der Waals surface area contributed by atoms with E-state index in [1.807, 2.05) is 0 Å². The third-order valence-corrected chi connectivity index (χ3v) is 3.35. The molecule has 1 rings (SSSR count). The molecule has 0 aromatic heterocycles. The van der Waals surface area contributed by atoms with E-state index in [1.54, 1.807) is 0 Å². The summed E-state index contributed by atoms with van der Waals surface area (Å²) in [5.41, 5.74) is 0. The van der Waals surface area contributed by atoms with Gasteiger partial charge in [0.15, 0.2) is 0 Å². The fourth-order valence-corrected chi connectivity index (χ4v) is 2.30. The Morgan fingerprint density at radius 1 is 1.29 bits per heavy atom. The molecule has 1 unspecified atom stereocenters. The fraction of sp³-hybridized carbons (Fsp3) is 1.00. The van der Waals surface area contributed by atoms with Gasteiger partial charge in [0.05, 0.1) is 6.26 Å². The van der Waals surface area contributed by atoms with Crippen molar-refractivity contribution in [2.24, 2.45) is 0 Å². The molecule has 0 aliphatic carbocycles. The van der Waals surface area contributed by atoms with Crippen LogP contribution in [0.15, 0.2) is 0 Å². The third kappa shape index (κ3) is 4.39. The van der Waals surface area contributed by atoms with Crippen molar-refractivity contribution in [2.45, 2.75) is 32.2 Å². The molecule has 0 spiro atoms. The van der Waals surface area contributed by atoms with Crippen LogP contribution < -0.4 is 4.72 Å². The van der Waals surface area contributed by atoms with Crippen LogP contribution in [-0.2, 0) is 10.0 Å². The van der Waals surface area contributed by atoms with E-state index in [9.17, 15) is 8.42 Å². The first-order chi connectivity index (χ1) is 6.49. The maximum Gasteiger partial charge on any atom is 0.208 e. The molecule has 14 heavy (non-hydrogen) atoms. The molecule has 84 valence electrons. The molecular formula is C9H20N2O2S. The standard InChI is InChI=1S/C9H20N2O2S/c1-9(8-10-14(2,12)13)11-6-4-3-5-7-11/h9-10H,3-8H2,1-2H3. The number of nitrogens with one attached hydrogen (secondary N) is 1. The van der Waals surface area contributed by atoms with Crippen molar-refractivity contribution >= 4 is 10.0 Å². The number of piperidine rings is 1. The predicted octanol–water partition coefficient (Wildman–Crippen LogP) is 0.410. The molecule has 1 aliphatic heterocycles. The van der Waals surface area contributed by atoms with Crippen molar-refractivity contribution in [3.63, 3.8) is 0 Å². The van der Waals surface area contributed by atoms with Crippen LogP contribution in [0, 0.1) is 0 Å². The lowest BCUT2D eigenvalue weighted by Gasteiger charge is -2.32. The van der Waals surface area contributed by atoms with Gasteiger partial charge in [0.1, 0.15) is 0 Å². The lowest BCUT2D eigenvalue weighted by molar-refractivity contribution is 0.175. The highest BCUT2D eigenvalue weighted by atomic mass is 32.2. The molecule has 0 aromatic rings. The highest BCUT2D eigenvalue weighted by Gasteiger charge is 2.17. The SMILES string of the molecule is CC(CNS(C)(=O)=O)N1CCCCC1. The molecule has 0 aromatic carbocycles. The van der Waals surface area contributed by atoms with Crippen LogP contribution in [0.5, 0.6) is 0 Å². The highest BCUT2D eigenvalue weighted by Crippen LogP contribution is 2.11. The van der Waals surface area contributed by atoms with Gasteiger partial charge in [-0.2, -0.15) is 0 Å². The van der Waals surface area contributed by atoms with Crippen LogP contribution in [0.2, 0.25) is 0 Å².